The van der Waals surface area contributed by atoms with E-state index in [4.69, 9.17) is 0 Å². The van der Waals surface area contributed by atoms with Crippen molar-refractivity contribution in [3.63, 3.8) is 0 Å². The molecule has 0 heterocycles. The zero-order valence-electron chi connectivity index (χ0n) is 33.0. The van der Waals surface area contributed by atoms with Gasteiger partial charge in [0.15, 0.2) is 0 Å². The zero-order chi connectivity index (χ0) is 39.8. The second-order valence-electron chi connectivity index (χ2n) is 15.2. The van der Waals surface area contributed by atoms with Crippen molar-refractivity contribution < 1.29 is 0 Å². The summed E-state index contributed by atoms with van der Waals surface area (Å²) in [7, 11) is 0. The van der Waals surface area contributed by atoms with Crippen molar-refractivity contribution in [2.45, 2.75) is 0 Å². The molecule has 0 fully saturated rings. The van der Waals surface area contributed by atoms with Gasteiger partial charge in [-0.1, -0.05) is 170 Å². The average molecular weight is 765 g/mol. The van der Waals surface area contributed by atoms with E-state index in [1.54, 1.807) is 0 Å². The molecule has 2 heteroatoms. The first-order chi connectivity index (χ1) is 29.8. The lowest BCUT2D eigenvalue weighted by Gasteiger charge is -2.26. The first kappa shape index (κ1) is 35.2. The standard InChI is InChI=1S/C58H40N2/c1-5-19-43(20-6-1)59(44-21-7-2-8-22-44)47-37-33-41(34-38-47)55-53-31-17-18-32-54(53)56(58-52-30-16-14-28-50(52)49-27-13-15-29-51(49)57(55)58)42-35-39-48(40-36-42)60(45-23-9-3-10-24-45)46-25-11-4-12-26-46/h1-40H. The Morgan fingerprint density at radius 2 is 0.417 bits per heavy atom. The number of benzene rings is 11. The highest BCUT2D eigenvalue weighted by molar-refractivity contribution is 6.36. The van der Waals surface area contributed by atoms with Gasteiger partial charge in [-0.3, -0.25) is 0 Å². The van der Waals surface area contributed by atoms with Gasteiger partial charge in [-0.2, -0.15) is 0 Å². The Labute approximate surface area is 350 Å². The molecule has 0 saturated heterocycles. The van der Waals surface area contributed by atoms with Gasteiger partial charge in [0.2, 0.25) is 0 Å². The first-order valence-electron chi connectivity index (χ1n) is 20.6. The van der Waals surface area contributed by atoms with Gasteiger partial charge >= 0.3 is 0 Å². The monoisotopic (exact) mass is 764 g/mol. The highest BCUT2D eigenvalue weighted by Crippen LogP contribution is 2.50. The predicted octanol–water partition coefficient (Wildman–Crippen LogP) is 16.6. The summed E-state index contributed by atoms with van der Waals surface area (Å²) in [5.41, 5.74) is 11.6. The molecule has 0 saturated carbocycles. The van der Waals surface area contributed by atoms with Crippen molar-refractivity contribution >= 4 is 77.2 Å². The van der Waals surface area contributed by atoms with Crippen molar-refractivity contribution in [2.75, 3.05) is 9.80 Å². The van der Waals surface area contributed by atoms with Crippen LogP contribution in [0.15, 0.2) is 243 Å². The lowest BCUT2D eigenvalue weighted by molar-refractivity contribution is 1.28. The predicted molar refractivity (Wildman–Crippen MR) is 257 cm³/mol. The topological polar surface area (TPSA) is 6.48 Å². The summed E-state index contributed by atoms with van der Waals surface area (Å²) in [5.74, 6) is 0. The van der Waals surface area contributed by atoms with Gasteiger partial charge in [-0.15, -0.1) is 0 Å². The molecule has 11 rings (SSSR count). The third kappa shape index (κ3) is 6.06. The number of hydrogen-bond donors (Lipinski definition) is 0. The molecule has 60 heavy (non-hydrogen) atoms. The lowest BCUT2D eigenvalue weighted by Crippen LogP contribution is -2.09. The number of hydrogen-bond acceptors (Lipinski definition) is 2. The second kappa shape index (κ2) is 15.1. The van der Waals surface area contributed by atoms with Crippen LogP contribution >= 0.6 is 0 Å². The third-order valence-corrected chi connectivity index (χ3v) is 11.8. The maximum atomic E-state index is 2.33. The number of fused-ring (bicyclic) bond motifs is 7. The summed E-state index contributed by atoms with van der Waals surface area (Å²) in [6, 6.07) is 87.7. The van der Waals surface area contributed by atoms with E-state index in [2.05, 4.69) is 252 Å². The minimum absolute atomic E-state index is 1.11. The Bertz CT molecular complexity index is 2970. The zero-order valence-corrected chi connectivity index (χ0v) is 33.0. The van der Waals surface area contributed by atoms with E-state index < -0.39 is 0 Å². The van der Waals surface area contributed by atoms with E-state index in [-0.39, 0.29) is 0 Å². The van der Waals surface area contributed by atoms with Crippen LogP contribution in [-0.2, 0) is 0 Å². The number of para-hydroxylation sites is 4. The molecule has 2 nitrogen and oxygen atoms in total. The Kier molecular flexibility index (Phi) is 8.87. The van der Waals surface area contributed by atoms with Crippen LogP contribution in [0.25, 0.3) is 65.3 Å². The van der Waals surface area contributed by atoms with E-state index in [0.29, 0.717) is 0 Å². The summed E-state index contributed by atoms with van der Waals surface area (Å²) in [4.78, 5) is 4.65. The van der Waals surface area contributed by atoms with Crippen molar-refractivity contribution in [3.8, 4) is 22.3 Å². The van der Waals surface area contributed by atoms with Crippen LogP contribution in [0.3, 0.4) is 0 Å². The molecule has 0 aliphatic carbocycles. The molecule has 0 atom stereocenters. The van der Waals surface area contributed by atoms with Gasteiger partial charge in [-0.25, -0.2) is 0 Å². The molecular weight excluding hydrogens is 725 g/mol. The van der Waals surface area contributed by atoms with Gasteiger partial charge in [-0.05, 0) is 138 Å². The highest BCUT2D eigenvalue weighted by Gasteiger charge is 2.23. The summed E-state index contributed by atoms with van der Waals surface area (Å²) < 4.78 is 0. The number of nitrogens with zero attached hydrogens (tertiary/aromatic N) is 2. The van der Waals surface area contributed by atoms with Crippen LogP contribution < -0.4 is 9.80 Å². The normalized spacial score (nSPS) is 11.3. The average Bonchev–Trinajstić information content (AvgIpc) is 3.33. The van der Waals surface area contributed by atoms with Crippen molar-refractivity contribution in [2.24, 2.45) is 0 Å². The van der Waals surface area contributed by atoms with Crippen LogP contribution in [0.1, 0.15) is 0 Å². The fraction of sp³-hybridized carbons (Fsp3) is 0. The van der Waals surface area contributed by atoms with Gasteiger partial charge in [0, 0.05) is 34.1 Å². The van der Waals surface area contributed by atoms with E-state index in [1.165, 1.54) is 65.3 Å². The van der Waals surface area contributed by atoms with Crippen LogP contribution in [0.5, 0.6) is 0 Å². The van der Waals surface area contributed by atoms with Crippen LogP contribution in [-0.4, -0.2) is 0 Å². The molecule has 11 aromatic rings. The third-order valence-electron chi connectivity index (χ3n) is 11.8. The van der Waals surface area contributed by atoms with Gasteiger partial charge < -0.3 is 9.80 Å². The summed E-state index contributed by atoms with van der Waals surface area (Å²) in [5, 5.41) is 10.0. The molecule has 0 spiro atoms. The molecule has 0 aromatic heterocycles. The summed E-state index contributed by atoms with van der Waals surface area (Å²) >= 11 is 0. The maximum absolute atomic E-state index is 2.33. The minimum atomic E-state index is 1.11. The Balaban J connectivity index is 1.16. The molecule has 0 unspecified atom stereocenters. The van der Waals surface area contributed by atoms with Crippen LogP contribution in [0, 0.1) is 0 Å². The van der Waals surface area contributed by atoms with E-state index in [9.17, 15) is 0 Å². The maximum Gasteiger partial charge on any atom is 0.0462 e. The molecule has 0 bridgehead atoms. The van der Waals surface area contributed by atoms with E-state index in [0.717, 1.165) is 34.1 Å². The summed E-state index contributed by atoms with van der Waals surface area (Å²) in [6.07, 6.45) is 0. The largest absolute Gasteiger partial charge is 0.311 e. The van der Waals surface area contributed by atoms with Gasteiger partial charge in [0.05, 0.1) is 0 Å². The van der Waals surface area contributed by atoms with Crippen molar-refractivity contribution in [3.05, 3.63) is 243 Å². The molecule has 0 aliphatic heterocycles. The minimum Gasteiger partial charge on any atom is -0.311 e. The molecule has 11 aromatic carbocycles. The van der Waals surface area contributed by atoms with Crippen molar-refractivity contribution in [1.29, 1.82) is 0 Å². The quantitative estimate of drug-likeness (QED) is 0.112. The molecule has 0 amide bonds. The first-order valence-corrected chi connectivity index (χ1v) is 20.6. The Hall–Kier alpha value is -7.94. The van der Waals surface area contributed by atoms with E-state index in [1.807, 2.05) is 0 Å². The second-order valence-corrected chi connectivity index (χ2v) is 15.2. The SMILES string of the molecule is c1ccc(N(c2ccccc2)c2ccc(-c3c4ccccc4c(-c4ccc(N(c5ccccc5)c5ccccc5)cc4)c4c5ccccc5c5ccccc5c34)cc2)cc1. The molecular formula is C58H40N2. The lowest BCUT2D eigenvalue weighted by atomic mass is 9.81. The van der Waals surface area contributed by atoms with Gasteiger partial charge in [0.1, 0.15) is 0 Å². The molecule has 0 aliphatic rings. The number of anilines is 6. The molecule has 0 N–H and O–H groups in total. The molecule has 0 radical (unpaired) electrons. The van der Waals surface area contributed by atoms with Gasteiger partial charge in [0.25, 0.3) is 0 Å². The Morgan fingerprint density at radius 3 is 0.717 bits per heavy atom. The molecule has 282 valence electrons. The fourth-order valence-corrected chi connectivity index (χ4v) is 9.21. The smallest absolute Gasteiger partial charge is 0.0462 e. The highest BCUT2D eigenvalue weighted by atomic mass is 15.1. The number of rotatable bonds is 8. The summed E-state index contributed by atoms with van der Waals surface area (Å²) in [6.45, 7) is 0. The Morgan fingerprint density at radius 1 is 0.183 bits per heavy atom. The van der Waals surface area contributed by atoms with Crippen molar-refractivity contribution in [1.82, 2.24) is 0 Å². The van der Waals surface area contributed by atoms with E-state index >= 15 is 0 Å². The van der Waals surface area contributed by atoms with Crippen LogP contribution in [0.4, 0.5) is 34.1 Å². The van der Waals surface area contributed by atoms with Crippen LogP contribution in [0.2, 0.25) is 0 Å². The fourth-order valence-electron chi connectivity index (χ4n) is 9.21.